The van der Waals surface area contributed by atoms with E-state index in [0.717, 1.165) is 19.7 Å². The minimum atomic E-state index is 0.387. The largest absolute Gasteiger partial charge is 0.366 e. The fourth-order valence-corrected chi connectivity index (χ4v) is 1.15. The third-order valence-corrected chi connectivity index (χ3v) is 1.89. The van der Waals surface area contributed by atoms with Gasteiger partial charge in [-0.3, -0.25) is 9.69 Å². The molecule has 0 unspecified atom stereocenters. The molecule has 0 aliphatic carbocycles. The predicted octanol–water partition coefficient (Wildman–Crippen LogP) is 0.645. The molecule has 0 radical (unpaired) electrons. The number of nitrogens with zero attached hydrogens (tertiary/aromatic N) is 1. The van der Waals surface area contributed by atoms with Crippen LogP contribution < -0.4 is 0 Å². The van der Waals surface area contributed by atoms with Crippen LogP contribution in [0.4, 0.5) is 0 Å². The molecule has 1 saturated heterocycles. The zero-order chi connectivity index (χ0) is 8.10. The van der Waals surface area contributed by atoms with Gasteiger partial charge in [-0.05, 0) is 6.92 Å². The predicted molar refractivity (Wildman–Crippen MR) is 42.3 cm³/mol. The summed E-state index contributed by atoms with van der Waals surface area (Å²) in [5.74, 6) is 0.387. The molecule has 1 rings (SSSR count). The molecule has 0 atom stereocenters. The van der Waals surface area contributed by atoms with Crippen LogP contribution in [0.25, 0.3) is 0 Å². The molecule has 64 valence electrons. The van der Waals surface area contributed by atoms with Crippen LogP contribution in [0.5, 0.6) is 0 Å². The Kier molecular flexibility index (Phi) is 3.52. The highest BCUT2D eigenvalue weighted by Gasteiger charge is 2.14. The van der Waals surface area contributed by atoms with Crippen molar-refractivity contribution in [2.75, 3.05) is 26.4 Å². The number of ketones is 1. The highest BCUT2D eigenvalue weighted by atomic mass is 16.5. The molecule has 1 heterocycles. The lowest BCUT2D eigenvalue weighted by Gasteiger charge is -2.24. The van der Waals surface area contributed by atoms with Gasteiger partial charge in [0.25, 0.3) is 0 Å². The summed E-state index contributed by atoms with van der Waals surface area (Å²) in [6, 6.07) is 0. The van der Waals surface area contributed by atoms with Gasteiger partial charge in [-0.25, -0.2) is 0 Å². The highest BCUT2D eigenvalue weighted by Crippen LogP contribution is 2.04. The first-order chi connectivity index (χ1) is 5.33. The first kappa shape index (κ1) is 8.68. The Balaban J connectivity index is 2.12. The molecule has 0 aromatic carbocycles. The van der Waals surface area contributed by atoms with Gasteiger partial charge in [-0.1, -0.05) is 0 Å². The first-order valence-electron chi connectivity index (χ1n) is 4.14. The van der Waals surface area contributed by atoms with Gasteiger partial charge in [-0.15, -0.1) is 0 Å². The zero-order valence-corrected chi connectivity index (χ0v) is 7.01. The van der Waals surface area contributed by atoms with Crippen LogP contribution in [0.1, 0.15) is 19.8 Å². The van der Waals surface area contributed by atoms with Crippen LogP contribution in [0, 0.1) is 0 Å². The maximum atomic E-state index is 10.8. The minimum absolute atomic E-state index is 0.387. The number of hydrogen-bond donors (Lipinski definition) is 0. The third-order valence-electron chi connectivity index (χ3n) is 1.89. The first-order valence-corrected chi connectivity index (χ1v) is 4.14. The number of hydrogen-bond acceptors (Lipinski definition) is 3. The lowest BCUT2D eigenvalue weighted by molar-refractivity contribution is -0.122. The smallest absolute Gasteiger partial charge is 0.135 e. The van der Waals surface area contributed by atoms with Crippen molar-refractivity contribution in [2.24, 2.45) is 0 Å². The van der Waals surface area contributed by atoms with Crippen molar-refractivity contribution < 1.29 is 9.53 Å². The Bertz CT molecular complexity index is 126. The third kappa shape index (κ3) is 2.99. The van der Waals surface area contributed by atoms with Crippen molar-refractivity contribution in [3.8, 4) is 0 Å². The maximum absolute atomic E-state index is 10.8. The van der Waals surface area contributed by atoms with E-state index < -0.39 is 0 Å². The Morgan fingerprint density at radius 2 is 2.09 bits per heavy atom. The van der Waals surface area contributed by atoms with Crippen molar-refractivity contribution in [1.82, 2.24) is 4.90 Å². The summed E-state index contributed by atoms with van der Waals surface area (Å²) >= 11 is 0. The standard InChI is InChI=1S/C8H15NO2/c1-2-11-7-9-5-3-8(10)4-6-9/h2-7H2,1H3. The molecule has 1 fully saturated rings. The van der Waals surface area contributed by atoms with Gasteiger partial charge in [0.05, 0.1) is 6.73 Å². The van der Waals surface area contributed by atoms with Crippen molar-refractivity contribution in [1.29, 1.82) is 0 Å². The average Bonchev–Trinajstić information content (AvgIpc) is 2.04. The quantitative estimate of drug-likeness (QED) is 0.602. The van der Waals surface area contributed by atoms with E-state index in [2.05, 4.69) is 4.90 Å². The fraction of sp³-hybridized carbons (Fsp3) is 0.875. The van der Waals surface area contributed by atoms with Crippen LogP contribution in [-0.4, -0.2) is 37.1 Å². The van der Waals surface area contributed by atoms with E-state index in [1.165, 1.54) is 0 Å². The molecule has 0 aromatic rings. The molecule has 0 bridgehead atoms. The van der Waals surface area contributed by atoms with E-state index in [4.69, 9.17) is 4.74 Å². The van der Waals surface area contributed by atoms with Gasteiger partial charge in [0.15, 0.2) is 0 Å². The minimum Gasteiger partial charge on any atom is -0.366 e. The van der Waals surface area contributed by atoms with Gasteiger partial charge in [0, 0.05) is 32.5 Å². The Labute approximate surface area is 67.3 Å². The number of rotatable bonds is 3. The topological polar surface area (TPSA) is 29.5 Å². The normalized spacial score (nSPS) is 20.6. The maximum Gasteiger partial charge on any atom is 0.135 e. The van der Waals surface area contributed by atoms with E-state index in [0.29, 0.717) is 25.4 Å². The monoisotopic (exact) mass is 157 g/mol. The van der Waals surface area contributed by atoms with Gasteiger partial charge < -0.3 is 4.74 Å². The van der Waals surface area contributed by atoms with E-state index >= 15 is 0 Å². The van der Waals surface area contributed by atoms with E-state index in [-0.39, 0.29) is 0 Å². The molecule has 0 saturated carbocycles. The summed E-state index contributed by atoms with van der Waals surface area (Å²) in [5, 5.41) is 0. The van der Waals surface area contributed by atoms with Crippen LogP contribution in [-0.2, 0) is 9.53 Å². The Hall–Kier alpha value is -0.410. The molecule has 0 amide bonds. The number of Topliss-reactive ketones (excluding diaryl/α,β-unsaturated/α-hetero) is 1. The summed E-state index contributed by atoms with van der Waals surface area (Å²) < 4.78 is 5.22. The average molecular weight is 157 g/mol. The molecular weight excluding hydrogens is 142 g/mol. The van der Waals surface area contributed by atoms with Crippen molar-refractivity contribution in [3.63, 3.8) is 0 Å². The number of carbonyl (C=O) groups excluding carboxylic acids is 1. The second-order valence-corrected chi connectivity index (χ2v) is 2.78. The fourth-order valence-electron chi connectivity index (χ4n) is 1.15. The molecule has 0 spiro atoms. The summed E-state index contributed by atoms with van der Waals surface area (Å²) in [5.41, 5.74) is 0. The molecular formula is C8H15NO2. The number of likely N-dealkylation sites (tertiary alicyclic amines) is 1. The molecule has 3 nitrogen and oxygen atoms in total. The second-order valence-electron chi connectivity index (χ2n) is 2.78. The van der Waals surface area contributed by atoms with Crippen LogP contribution in [0.3, 0.4) is 0 Å². The van der Waals surface area contributed by atoms with Crippen LogP contribution in [0.2, 0.25) is 0 Å². The van der Waals surface area contributed by atoms with Gasteiger partial charge in [0.2, 0.25) is 0 Å². The van der Waals surface area contributed by atoms with Gasteiger partial charge in [0.1, 0.15) is 5.78 Å². The number of piperidine rings is 1. The number of carbonyl (C=O) groups is 1. The lowest BCUT2D eigenvalue weighted by atomic mass is 10.1. The van der Waals surface area contributed by atoms with E-state index in [1.807, 2.05) is 6.92 Å². The van der Waals surface area contributed by atoms with E-state index in [1.54, 1.807) is 0 Å². The summed E-state index contributed by atoms with van der Waals surface area (Å²) in [6.07, 6.45) is 1.40. The van der Waals surface area contributed by atoms with E-state index in [9.17, 15) is 4.79 Å². The molecule has 11 heavy (non-hydrogen) atoms. The number of ether oxygens (including phenoxy) is 1. The van der Waals surface area contributed by atoms with Crippen molar-refractivity contribution >= 4 is 5.78 Å². The highest BCUT2D eigenvalue weighted by molar-refractivity contribution is 5.79. The molecule has 0 aromatic heterocycles. The van der Waals surface area contributed by atoms with Gasteiger partial charge in [-0.2, -0.15) is 0 Å². The summed E-state index contributed by atoms with van der Waals surface area (Å²) in [7, 11) is 0. The SMILES string of the molecule is CCOCN1CCC(=O)CC1. The lowest BCUT2D eigenvalue weighted by Crippen LogP contribution is -2.35. The summed E-state index contributed by atoms with van der Waals surface area (Å²) in [6.45, 7) is 5.17. The van der Waals surface area contributed by atoms with Crippen molar-refractivity contribution in [2.45, 2.75) is 19.8 Å². The zero-order valence-electron chi connectivity index (χ0n) is 7.01. The Morgan fingerprint density at radius 1 is 1.45 bits per heavy atom. The molecule has 0 N–H and O–H groups in total. The van der Waals surface area contributed by atoms with Crippen LogP contribution in [0.15, 0.2) is 0 Å². The summed E-state index contributed by atoms with van der Waals surface area (Å²) in [4.78, 5) is 13.0. The molecule has 1 aliphatic rings. The van der Waals surface area contributed by atoms with Crippen molar-refractivity contribution in [3.05, 3.63) is 0 Å². The second kappa shape index (κ2) is 4.46. The van der Waals surface area contributed by atoms with Gasteiger partial charge >= 0.3 is 0 Å². The Morgan fingerprint density at radius 3 is 2.64 bits per heavy atom. The van der Waals surface area contributed by atoms with Crippen LogP contribution >= 0.6 is 0 Å². The molecule has 1 aliphatic heterocycles. The molecule has 3 heteroatoms.